The lowest BCUT2D eigenvalue weighted by Gasteiger charge is -2.16. The summed E-state index contributed by atoms with van der Waals surface area (Å²) < 4.78 is 18.3. The molecule has 0 atom stereocenters. The third kappa shape index (κ3) is 5.08. The zero-order valence-corrected chi connectivity index (χ0v) is 16.1. The molecule has 0 spiro atoms. The van der Waals surface area contributed by atoms with Gasteiger partial charge in [-0.05, 0) is 18.1 Å². The smallest absolute Gasteiger partial charge is 0.191 e. The van der Waals surface area contributed by atoms with Crippen molar-refractivity contribution in [2.75, 3.05) is 34.9 Å². The minimum atomic E-state index is 0.688. The maximum atomic E-state index is 5.49. The van der Waals surface area contributed by atoms with Gasteiger partial charge in [-0.1, -0.05) is 0 Å². The minimum Gasteiger partial charge on any atom is -0.496 e. The molecule has 2 N–H and O–H groups in total. The first-order valence-corrected chi connectivity index (χ1v) is 8.45. The van der Waals surface area contributed by atoms with Gasteiger partial charge in [0.1, 0.15) is 17.2 Å². The van der Waals surface area contributed by atoms with Crippen LogP contribution in [0.1, 0.15) is 11.1 Å². The summed E-state index contributed by atoms with van der Waals surface area (Å²) in [6.07, 6.45) is 4.82. The van der Waals surface area contributed by atoms with Crippen molar-refractivity contribution in [2.24, 2.45) is 12.0 Å². The molecule has 0 bridgehead atoms. The number of aryl methyl sites for hydroxylation is 1. The number of nitrogens with one attached hydrogen (secondary N) is 2. The Kier molecular flexibility index (Phi) is 7.20. The quantitative estimate of drug-likeness (QED) is 0.556. The summed E-state index contributed by atoms with van der Waals surface area (Å²) in [4.78, 5) is 4.26. The second-order valence-corrected chi connectivity index (χ2v) is 5.80. The van der Waals surface area contributed by atoms with Gasteiger partial charge in [0.05, 0.1) is 21.3 Å². The molecule has 0 aliphatic heterocycles. The van der Waals surface area contributed by atoms with E-state index in [4.69, 9.17) is 14.2 Å². The van der Waals surface area contributed by atoms with Gasteiger partial charge < -0.3 is 29.4 Å². The van der Waals surface area contributed by atoms with Crippen LogP contribution in [0.5, 0.6) is 17.2 Å². The first-order chi connectivity index (χ1) is 12.6. The van der Waals surface area contributed by atoms with Crippen LogP contribution in [0.15, 0.2) is 35.6 Å². The van der Waals surface area contributed by atoms with Gasteiger partial charge in [-0.15, -0.1) is 0 Å². The van der Waals surface area contributed by atoms with E-state index < -0.39 is 0 Å². The van der Waals surface area contributed by atoms with Gasteiger partial charge in [-0.3, -0.25) is 4.99 Å². The molecule has 26 heavy (non-hydrogen) atoms. The molecule has 0 aliphatic carbocycles. The highest BCUT2D eigenvalue weighted by molar-refractivity contribution is 5.79. The monoisotopic (exact) mass is 360 g/mol. The largest absolute Gasteiger partial charge is 0.496 e. The zero-order chi connectivity index (χ0) is 18.9. The summed E-state index contributed by atoms with van der Waals surface area (Å²) in [6, 6.07) is 5.80. The Labute approximate surface area is 155 Å². The molecule has 2 aromatic rings. The Morgan fingerprint density at radius 1 is 1.08 bits per heavy atom. The number of nitrogens with zero attached hydrogens (tertiary/aromatic N) is 2. The summed E-state index contributed by atoms with van der Waals surface area (Å²) in [6.45, 7) is 1.41. The molecule has 7 heteroatoms. The van der Waals surface area contributed by atoms with E-state index in [0.29, 0.717) is 12.3 Å². The van der Waals surface area contributed by atoms with E-state index in [1.807, 2.05) is 29.9 Å². The van der Waals surface area contributed by atoms with Gasteiger partial charge in [-0.25, -0.2) is 0 Å². The number of guanidine groups is 1. The van der Waals surface area contributed by atoms with Crippen molar-refractivity contribution in [1.82, 2.24) is 15.2 Å². The Bertz CT molecular complexity index is 715. The van der Waals surface area contributed by atoms with Crippen LogP contribution in [0.3, 0.4) is 0 Å². The molecule has 0 fully saturated rings. The summed E-state index contributed by atoms with van der Waals surface area (Å²) in [5.41, 5.74) is 2.19. The molecule has 0 saturated heterocycles. The normalized spacial score (nSPS) is 11.2. The van der Waals surface area contributed by atoms with Gasteiger partial charge in [0.25, 0.3) is 0 Å². The third-order valence-corrected chi connectivity index (χ3v) is 4.06. The van der Waals surface area contributed by atoms with E-state index in [1.165, 1.54) is 5.56 Å². The highest BCUT2D eigenvalue weighted by Gasteiger charge is 2.13. The average Bonchev–Trinajstić information content (AvgIpc) is 3.09. The van der Waals surface area contributed by atoms with Crippen molar-refractivity contribution >= 4 is 5.96 Å². The molecule has 1 aromatic heterocycles. The number of methoxy groups -OCH3 is 3. The van der Waals surface area contributed by atoms with Crippen LogP contribution in [0.2, 0.25) is 0 Å². The molecule has 7 nitrogen and oxygen atoms in total. The number of rotatable bonds is 8. The molecule has 2 rings (SSSR count). The number of benzene rings is 1. The van der Waals surface area contributed by atoms with Crippen molar-refractivity contribution in [3.05, 3.63) is 41.7 Å². The van der Waals surface area contributed by atoms with Crippen LogP contribution in [0.25, 0.3) is 0 Å². The number of hydrogen-bond acceptors (Lipinski definition) is 4. The molecule has 1 heterocycles. The fraction of sp³-hybridized carbons (Fsp3) is 0.421. The van der Waals surface area contributed by atoms with E-state index in [1.54, 1.807) is 28.4 Å². The van der Waals surface area contributed by atoms with E-state index in [9.17, 15) is 0 Å². The lowest BCUT2D eigenvalue weighted by Crippen LogP contribution is -2.37. The molecule has 142 valence electrons. The highest BCUT2D eigenvalue weighted by atomic mass is 16.5. The highest BCUT2D eigenvalue weighted by Crippen LogP contribution is 2.34. The van der Waals surface area contributed by atoms with Gasteiger partial charge in [0.2, 0.25) is 0 Å². The third-order valence-electron chi connectivity index (χ3n) is 4.06. The molecule has 0 saturated carbocycles. The predicted octanol–water partition coefficient (Wildman–Crippen LogP) is 1.96. The number of aromatic nitrogens is 1. The van der Waals surface area contributed by atoms with E-state index >= 15 is 0 Å². The van der Waals surface area contributed by atoms with Gasteiger partial charge in [-0.2, -0.15) is 0 Å². The standard InChI is InChI=1S/C19H28N4O3/c1-20-19(22-12-14-7-9-23(2)13-14)21-8-6-16-17(25-4)10-15(24-3)11-18(16)26-5/h7,9-11,13H,6,8,12H2,1-5H3,(H2,20,21,22). The van der Waals surface area contributed by atoms with Gasteiger partial charge in [0.15, 0.2) is 5.96 Å². The van der Waals surface area contributed by atoms with E-state index in [2.05, 4.69) is 27.9 Å². The fourth-order valence-corrected chi connectivity index (χ4v) is 2.70. The number of ether oxygens (including phenoxy) is 3. The predicted molar refractivity (Wildman–Crippen MR) is 103 cm³/mol. The van der Waals surface area contributed by atoms with Gasteiger partial charge >= 0.3 is 0 Å². The molecule has 0 unspecified atom stereocenters. The molecule has 0 aliphatic rings. The van der Waals surface area contributed by atoms with Crippen molar-refractivity contribution in [2.45, 2.75) is 13.0 Å². The van der Waals surface area contributed by atoms with Crippen molar-refractivity contribution in [1.29, 1.82) is 0 Å². The molecular formula is C19H28N4O3. The Morgan fingerprint density at radius 2 is 1.77 bits per heavy atom. The maximum absolute atomic E-state index is 5.49. The second-order valence-electron chi connectivity index (χ2n) is 5.80. The van der Waals surface area contributed by atoms with Crippen molar-refractivity contribution in [3.63, 3.8) is 0 Å². The Balaban J connectivity index is 1.95. The van der Waals surface area contributed by atoms with E-state index in [-0.39, 0.29) is 0 Å². The number of hydrogen-bond donors (Lipinski definition) is 2. The second kappa shape index (κ2) is 9.60. The van der Waals surface area contributed by atoms with Crippen molar-refractivity contribution < 1.29 is 14.2 Å². The summed E-state index contributed by atoms with van der Waals surface area (Å²) in [5.74, 6) is 2.95. The van der Waals surface area contributed by atoms with Crippen LogP contribution in [-0.2, 0) is 20.0 Å². The zero-order valence-electron chi connectivity index (χ0n) is 16.1. The van der Waals surface area contributed by atoms with Crippen LogP contribution >= 0.6 is 0 Å². The topological polar surface area (TPSA) is 69.0 Å². The molecule has 0 amide bonds. The van der Waals surface area contributed by atoms with Crippen molar-refractivity contribution in [3.8, 4) is 17.2 Å². The summed E-state index contributed by atoms with van der Waals surface area (Å²) in [7, 11) is 8.68. The summed E-state index contributed by atoms with van der Waals surface area (Å²) in [5, 5.41) is 6.62. The first kappa shape index (κ1) is 19.5. The minimum absolute atomic E-state index is 0.688. The fourth-order valence-electron chi connectivity index (χ4n) is 2.70. The van der Waals surface area contributed by atoms with Crippen LogP contribution in [0.4, 0.5) is 0 Å². The Morgan fingerprint density at radius 3 is 2.27 bits per heavy atom. The number of aliphatic imine (C=N–C) groups is 1. The Hall–Kier alpha value is -2.83. The molecular weight excluding hydrogens is 332 g/mol. The van der Waals surface area contributed by atoms with Crippen LogP contribution < -0.4 is 24.8 Å². The SMILES string of the molecule is CN=C(NCCc1c(OC)cc(OC)cc1OC)NCc1ccn(C)c1. The lowest BCUT2D eigenvalue weighted by atomic mass is 10.1. The first-order valence-electron chi connectivity index (χ1n) is 8.45. The van der Waals surface area contributed by atoms with Crippen LogP contribution in [-0.4, -0.2) is 45.4 Å². The average molecular weight is 360 g/mol. The molecule has 0 radical (unpaired) electrons. The summed E-state index contributed by atoms with van der Waals surface area (Å²) >= 11 is 0. The maximum Gasteiger partial charge on any atom is 0.191 e. The van der Waals surface area contributed by atoms with Crippen LogP contribution in [0, 0.1) is 0 Å². The van der Waals surface area contributed by atoms with Gasteiger partial charge in [0, 0.05) is 57.3 Å². The lowest BCUT2D eigenvalue weighted by molar-refractivity contribution is 0.368. The molecule has 1 aromatic carbocycles. The van der Waals surface area contributed by atoms with E-state index in [0.717, 1.165) is 36.0 Å².